The van der Waals surface area contributed by atoms with Gasteiger partial charge in [0.25, 0.3) is 0 Å². The third kappa shape index (κ3) is 2.15. The van der Waals surface area contributed by atoms with Crippen molar-refractivity contribution in [1.29, 1.82) is 0 Å². The molecule has 4 heteroatoms. The summed E-state index contributed by atoms with van der Waals surface area (Å²) in [6.45, 7) is 2.01. The van der Waals surface area contributed by atoms with Crippen LogP contribution in [-0.4, -0.2) is 0 Å². The van der Waals surface area contributed by atoms with Crippen molar-refractivity contribution < 1.29 is 13.2 Å². The molecule has 0 fully saturated rings. The van der Waals surface area contributed by atoms with Gasteiger partial charge in [0.05, 0.1) is 6.04 Å². The minimum absolute atomic E-state index is 0.161. The van der Waals surface area contributed by atoms with Crippen molar-refractivity contribution in [1.82, 2.24) is 0 Å². The lowest BCUT2D eigenvalue weighted by Crippen LogP contribution is -2.26. The smallest absolute Gasteiger partial charge is 0.194 e. The Morgan fingerprint density at radius 3 is 2.40 bits per heavy atom. The molecule has 1 heterocycles. The van der Waals surface area contributed by atoms with Crippen LogP contribution in [0.4, 0.5) is 18.9 Å². The molecular formula is C16H14F3N. The van der Waals surface area contributed by atoms with Crippen LogP contribution in [0.5, 0.6) is 0 Å². The number of benzene rings is 2. The van der Waals surface area contributed by atoms with E-state index in [1.807, 2.05) is 31.2 Å². The van der Waals surface area contributed by atoms with E-state index in [-0.39, 0.29) is 12.0 Å². The predicted octanol–water partition coefficient (Wildman–Crippen LogP) is 4.45. The van der Waals surface area contributed by atoms with Gasteiger partial charge in [-0.25, -0.2) is 13.2 Å². The van der Waals surface area contributed by atoms with Gasteiger partial charge >= 0.3 is 0 Å². The number of rotatable bonds is 1. The molecule has 104 valence electrons. The van der Waals surface area contributed by atoms with Crippen molar-refractivity contribution in [2.75, 3.05) is 5.32 Å². The largest absolute Gasteiger partial charge is 0.378 e. The standard InChI is InChI=1S/C16H14F3N/c1-9-6-10-4-2-3-5-14(10)20-16(9)11-7-12(17)15(19)13(18)8-11/h2-5,7-9,16,20H,6H2,1H3. The maximum atomic E-state index is 13.4. The number of hydrogen-bond acceptors (Lipinski definition) is 1. The molecule has 20 heavy (non-hydrogen) atoms. The zero-order valence-electron chi connectivity index (χ0n) is 11.0. The second-order valence-corrected chi connectivity index (χ2v) is 5.26. The third-order valence-electron chi connectivity index (χ3n) is 3.80. The lowest BCUT2D eigenvalue weighted by atomic mass is 9.85. The maximum absolute atomic E-state index is 13.4. The molecule has 3 rings (SSSR count). The summed E-state index contributed by atoms with van der Waals surface area (Å²) in [5.41, 5.74) is 2.57. The highest BCUT2D eigenvalue weighted by atomic mass is 19.2. The lowest BCUT2D eigenvalue weighted by Gasteiger charge is -2.33. The molecule has 0 bridgehead atoms. The molecule has 2 atom stereocenters. The Morgan fingerprint density at radius 2 is 1.70 bits per heavy atom. The van der Waals surface area contributed by atoms with E-state index >= 15 is 0 Å². The van der Waals surface area contributed by atoms with Crippen LogP contribution in [0.2, 0.25) is 0 Å². The molecule has 1 aliphatic rings. The van der Waals surface area contributed by atoms with Gasteiger partial charge in [-0.15, -0.1) is 0 Å². The fraction of sp³-hybridized carbons (Fsp3) is 0.250. The highest BCUT2D eigenvalue weighted by molar-refractivity contribution is 5.55. The Bertz CT molecular complexity index is 631. The average molecular weight is 277 g/mol. The van der Waals surface area contributed by atoms with Crippen LogP contribution in [0.3, 0.4) is 0 Å². The average Bonchev–Trinajstić information content (AvgIpc) is 2.43. The van der Waals surface area contributed by atoms with E-state index in [0.29, 0.717) is 5.56 Å². The molecule has 0 aromatic heterocycles. The minimum Gasteiger partial charge on any atom is -0.378 e. The highest BCUT2D eigenvalue weighted by Gasteiger charge is 2.27. The van der Waals surface area contributed by atoms with Crippen molar-refractivity contribution in [3.05, 3.63) is 65.0 Å². The molecule has 1 aliphatic heterocycles. The Kier molecular flexibility index (Phi) is 3.16. The summed E-state index contributed by atoms with van der Waals surface area (Å²) >= 11 is 0. The summed E-state index contributed by atoms with van der Waals surface area (Å²) in [6.07, 6.45) is 0.814. The maximum Gasteiger partial charge on any atom is 0.194 e. The Morgan fingerprint density at radius 1 is 1.05 bits per heavy atom. The van der Waals surface area contributed by atoms with Gasteiger partial charge in [0.2, 0.25) is 0 Å². The van der Waals surface area contributed by atoms with Crippen molar-refractivity contribution in [2.24, 2.45) is 5.92 Å². The Balaban J connectivity index is 1.99. The van der Waals surface area contributed by atoms with Crippen molar-refractivity contribution in [3.8, 4) is 0 Å². The first-order chi connectivity index (χ1) is 9.56. The zero-order chi connectivity index (χ0) is 14.3. The monoisotopic (exact) mass is 277 g/mol. The first-order valence-corrected chi connectivity index (χ1v) is 6.55. The highest BCUT2D eigenvalue weighted by Crippen LogP contribution is 2.37. The van der Waals surface area contributed by atoms with Gasteiger partial charge in [0.15, 0.2) is 17.5 Å². The second-order valence-electron chi connectivity index (χ2n) is 5.26. The number of halogens is 3. The summed E-state index contributed by atoms with van der Waals surface area (Å²) in [7, 11) is 0. The van der Waals surface area contributed by atoms with E-state index in [1.165, 1.54) is 5.56 Å². The Labute approximate surface area is 115 Å². The molecule has 2 unspecified atom stereocenters. The normalized spacial score (nSPS) is 21.2. The molecule has 0 amide bonds. The topological polar surface area (TPSA) is 12.0 Å². The molecule has 0 aliphatic carbocycles. The van der Waals surface area contributed by atoms with Gasteiger partial charge in [-0.05, 0) is 41.7 Å². The van der Waals surface area contributed by atoms with Crippen molar-refractivity contribution in [2.45, 2.75) is 19.4 Å². The molecule has 2 aromatic carbocycles. The molecule has 0 saturated heterocycles. The third-order valence-corrected chi connectivity index (χ3v) is 3.80. The van der Waals surface area contributed by atoms with Crippen LogP contribution < -0.4 is 5.32 Å². The number of fused-ring (bicyclic) bond motifs is 1. The van der Waals surface area contributed by atoms with Crippen LogP contribution in [0.15, 0.2) is 36.4 Å². The molecule has 0 radical (unpaired) electrons. The number of nitrogens with one attached hydrogen (secondary N) is 1. The number of para-hydroxylation sites is 1. The summed E-state index contributed by atoms with van der Waals surface area (Å²) in [5.74, 6) is -3.55. The summed E-state index contributed by atoms with van der Waals surface area (Å²) in [5, 5.41) is 3.28. The molecule has 1 nitrogen and oxygen atoms in total. The summed E-state index contributed by atoms with van der Waals surface area (Å²) in [6, 6.07) is 9.75. The molecule has 0 saturated carbocycles. The van der Waals surface area contributed by atoms with E-state index in [0.717, 1.165) is 24.2 Å². The SMILES string of the molecule is CC1Cc2ccccc2NC1c1cc(F)c(F)c(F)c1. The molecule has 0 spiro atoms. The molecule has 1 N–H and O–H groups in total. The van der Waals surface area contributed by atoms with Gasteiger partial charge in [-0.2, -0.15) is 0 Å². The van der Waals surface area contributed by atoms with Crippen LogP contribution in [0, 0.1) is 23.4 Å². The summed E-state index contributed by atoms with van der Waals surface area (Å²) in [4.78, 5) is 0. The van der Waals surface area contributed by atoms with Gasteiger partial charge in [0.1, 0.15) is 0 Å². The van der Waals surface area contributed by atoms with Crippen LogP contribution in [0.1, 0.15) is 24.1 Å². The summed E-state index contributed by atoms with van der Waals surface area (Å²) < 4.78 is 39.8. The first kappa shape index (κ1) is 13.0. The van der Waals surface area contributed by atoms with Gasteiger partial charge in [-0.1, -0.05) is 25.1 Å². The zero-order valence-corrected chi connectivity index (χ0v) is 11.0. The number of hydrogen-bond donors (Lipinski definition) is 1. The fourth-order valence-electron chi connectivity index (χ4n) is 2.78. The van der Waals surface area contributed by atoms with Crippen LogP contribution >= 0.6 is 0 Å². The quantitative estimate of drug-likeness (QED) is 0.759. The van der Waals surface area contributed by atoms with E-state index in [1.54, 1.807) is 0 Å². The van der Waals surface area contributed by atoms with E-state index in [2.05, 4.69) is 5.32 Å². The van der Waals surface area contributed by atoms with Gasteiger partial charge < -0.3 is 5.32 Å². The van der Waals surface area contributed by atoms with E-state index in [9.17, 15) is 13.2 Å². The van der Waals surface area contributed by atoms with Crippen molar-refractivity contribution in [3.63, 3.8) is 0 Å². The first-order valence-electron chi connectivity index (χ1n) is 6.55. The second kappa shape index (κ2) is 4.85. The molecule has 2 aromatic rings. The van der Waals surface area contributed by atoms with Gasteiger partial charge in [-0.3, -0.25) is 0 Å². The predicted molar refractivity (Wildman–Crippen MR) is 72.0 cm³/mol. The fourth-order valence-corrected chi connectivity index (χ4v) is 2.78. The van der Waals surface area contributed by atoms with E-state index < -0.39 is 17.5 Å². The van der Waals surface area contributed by atoms with Crippen LogP contribution in [0.25, 0.3) is 0 Å². The molecular weight excluding hydrogens is 263 g/mol. The lowest BCUT2D eigenvalue weighted by molar-refractivity contribution is 0.433. The van der Waals surface area contributed by atoms with Crippen molar-refractivity contribution >= 4 is 5.69 Å². The van der Waals surface area contributed by atoms with Gasteiger partial charge in [0, 0.05) is 5.69 Å². The Hall–Kier alpha value is -1.97. The van der Waals surface area contributed by atoms with E-state index in [4.69, 9.17) is 0 Å². The van der Waals surface area contributed by atoms with Crippen LogP contribution in [-0.2, 0) is 6.42 Å². The minimum atomic E-state index is -1.42. The number of anilines is 1.